The lowest BCUT2D eigenvalue weighted by atomic mass is 9.71. The van der Waals surface area contributed by atoms with Gasteiger partial charge in [0.2, 0.25) is 5.75 Å². The van der Waals surface area contributed by atoms with Crippen LogP contribution in [-0.2, 0) is 0 Å². The molecule has 0 bridgehead atoms. The van der Waals surface area contributed by atoms with E-state index in [9.17, 15) is 14.5 Å². The maximum Gasteiger partial charge on any atom is 0.315 e. The first-order valence-electron chi connectivity index (χ1n) is 5.84. The van der Waals surface area contributed by atoms with Crippen molar-refractivity contribution in [2.75, 3.05) is 12.4 Å². The summed E-state index contributed by atoms with van der Waals surface area (Å²) in [6, 6.07) is 2.03. The third-order valence-corrected chi connectivity index (χ3v) is 4.72. The van der Waals surface area contributed by atoms with Crippen LogP contribution in [0.1, 0.15) is 19.3 Å². The maximum atomic E-state index is 13.2. The predicted molar refractivity (Wildman–Crippen MR) is 76.4 cm³/mol. The normalized spacial score (nSPS) is 16.8. The number of rotatable bonds is 5. The first kappa shape index (κ1) is 14.6. The molecule has 4 nitrogen and oxygen atoms in total. The Morgan fingerprint density at radius 1 is 1.53 bits per heavy atom. The lowest BCUT2D eigenvalue weighted by Crippen LogP contribution is -2.37. The van der Waals surface area contributed by atoms with Gasteiger partial charge in [0.25, 0.3) is 0 Å². The first-order valence-corrected chi connectivity index (χ1v) is 7.27. The molecule has 1 saturated carbocycles. The molecular weight excluding hydrogens is 337 g/mol. The largest absolute Gasteiger partial charge is 0.485 e. The van der Waals surface area contributed by atoms with Crippen LogP contribution in [0.2, 0.25) is 0 Å². The van der Waals surface area contributed by atoms with Crippen LogP contribution in [0.3, 0.4) is 0 Å². The molecule has 0 saturated heterocycles. The van der Waals surface area contributed by atoms with Crippen molar-refractivity contribution < 1.29 is 14.1 Å². The summed E-state index contributed by atoms with van der Waals surface area (Å²) in [5, 5.41) is 10.9. The Labute approximate surface area is 124 Å². The van der Waals surface area contributed by atoms with Crippen molar-refractivity contribution in [2.45, 2.75) is 19.3 Å². The van der Waals surface area contributed by atoms with Crippen LogP contribution in [0.5, 0.6) is 5.75 Å². The fraction of sp³-hybridized carbons (Fsp3) is 0.500. The van der Waals surface area contributed by atoms with Crippen LogP contribution in [0.25, 0.3) is 0 Å². The minimum Gasteiger partial charge on any atom is -0.485 e. The van der Waals surface area contributed by atoms with Crippen molar-refractivity contribution in [2.24, 2.45) is 5.41 Å². The molecule has 19 heavy (non-hydrogen) atoms. The molecule has 2 rings (SSSR count). The van der Waals surface area contributed by atoms with E-state index in [1.165, 1.54) is 0 Å². The second-order valence-corrected chi connectivity index (χ2v) is 5.96. The highest BCUT2D eigenvalue weighted by Gasteiger charge is 2.37. The lowest BCUT2D eigenvalue weighted by molar-refractivity contribution is -0.386. The van der Waals surface area contributed by atoms with Gasteiger partial charge in [-0.2, -0.15) is 12.6 Å². The van der Waals surface area contributed by atoms with Crippen LogP contribution in [0, 0.1) is 21.3 Å². The van der Waals surface area contributed by atoms with E-state index in [-0.39, 0.29) is 21.3 Å². The summed E-state index contributed by atoms with van der Waals surface area (Å²) >= 11 is 7.41. The molecule has 0 aromatic heterocycles. The molecule has 1 fully saturated rings. The molecule has 1 aromatic rings. The monoisotopic (exact) mass is 349 g/mol. The van der Waals surface area contributed by atoms with Gasteiger partial charge in [-0.25, -0.2) is 4.39 Å². The standard InChI is InChI=1S/C12H13BrFNO3S/c13-9-4-8(14)5-10(15(16)17)11(9)18-6-12(7-19)2-1-3-12/h4-5,19H,1-3,6-7H2. The van der Waals surface area contributed by atoms with Crippen LogP contribution in [0.15, 0.2) is 16.6 Å². The lowest BCUT2D eigenvalue weighted by Gasteiger charge is -2.40. The van der Waals surface area contributed by atoms with Gasteiger partial charge in [0.1, 0.15) is 5.82 Å². The smallest absolute Gasteiger partial charge is 0.315 e. The number of nitro groups is 1. The van der Waals surface area contributed by atoms with E-state index in [0.717, 1.165) is 31.4 Å². The minimum atomic E-state index is -0.668. The number of halogens is 2. The average Bonchev–Trinajstić information content (AvgIpc) is 2.29. The molecule has 0 N–H and O–H groups in total. The summed E-state index contributed by atoms with van der Waals surface area (Å²) < 4.78 is 19.0. The topological polar surface area (TPSA) is 52.4 Å². The number of hydrogen-bond acceptors (Lipinski definition) is 4. The van der Waals surface area contributed by atoms with Crippen LogP contribution >= 0.6 is 28.6 Å². The van der Waals surface area contributed by atoms with Gasteiger partial charge in [-0.05, 0) is 40.6 Å². The second-order valence-electron chi connectivity index (χ2n) is 4.79. The van der Waals surface area contributed by atoms with Gasteiger partial charge in [0.15, 0.2) is 0 Å². The van der Waals surface area contributed by atoms with Crippen molar-refractivity contribution in [3.8, 4) is 5.75 Å². The van der Waals surface area contributed by atoms with Gasteiger partial charge in [0.05, 0.1) is 22.1 Å². The highest BCUT2D eigenvalue weighted by Crippen LogP contribution is 2.44. The van der Waals surface area contributed by atoms with E-state index in [1.807, 2.05) is 0 Å². The van der Waals surface area contributed by atoms with Crippen molar-refractivity contribution in [3.63, 3.8) is 0 Å². The molecule has 0 heterocycles. The van der Waals surface area contributed by atoms with E-state index < -0.39 is 10.7 Å². The Balaban J connectivity index is 2.22. The zero-order valence-corrected chi connectivity index (χ0v) is 12.5. The van der Waals surface area contributed by atoms with Crippen molar-refractivity contribution in [3.05, 3.63) is 32.5 Å². The van der Waals surface area contributed by atoms with Crippen molar-refractivity contribution >= 4 is 34.2 Å². The summed E-state index contributed by atoms with van der Waals surface area (Å²) in [6.45, 7) is 0.363. The number of ether oxygens (including phenoxy) is 1. The summed E-state index contributed by atoms with van der Waals surface area (Å²) in [5.41, 5.74) is -0.370. The molecule has 7 heteroatoms. The van der Waals surface area contributed by atoms with E-state index in [1.54, 1.807) is 0 Å². The van der Waals surface area contributed by atoms with E-state index in [0.29, 0.717) is 12.4 Å². The molecule has 0 spiro atoms. The van der Waals surface area contributed by atoms with E-state index >= 15 is 0 Å². The Morgan fingerprint density at radius 3 is 2.68 bits per heavy atom. The molecule has 0 amide bonds. The number of hydrogen-bond donors (Lipinski definition) is 1. The fourth-order valence-corrected chi connectivity index (χ4v) is 3.02. The second kappa shape index (κ2) is 5.66. The zero-order chi connectivity index (χ0) is 14.0. The predicted octanol–water partition coefficient (Wildman–Crippen LogP) is 3.98. The summed E-state index contributed by atoms with van der Waals surface area (Å²) in [5.74, 6) is 0.0949. The molecule has 0 unspecified atom stereocenters. The SMILES string of the molecule is O=[N+]([O-])c1cc(F)cc(Br)c1OCC1(CS)CCC1. The third-order valence-electron chi connectivity index (χ3n) is 3.46. The summed E-state index contributed by atoms with van der Waals surface area (Å²) in [7, 11) is 0. The van der Waals surface area contributed by atoms with Crippen LogP contribution in [0.4, 0.5) is 10.1 Å². The molecule has 0 aliphatic heterocycles. The van der Waals surface area contributed by atoms with Gasteiger partial charge in [0, 0.05) is 5.41 Å². The van der Waals surface area contributed by atoms with Crippen LogP contribution < -0.4 is 4.74 Å². The third kappa shape index (κ3) is 3.02. The van der Waals surface area contributed by atoms with Gasteiger partial charge < -0.3 is 4.74 Å². The van der Waals surface area contributed by atoms with Crippen molar-refractivity contribution in [1.29, 1.82) is 0 Å². The van der Waals surface area contributed by atoms with E-state index in [2.05, 4.69) is 28.6 Å². The van der Waals surface area contributed by atoms with Gasteiger partial charge in [-0.1, -0.05) is 6.42 Å². The molecule has 1 aliphatic carbocycles. The highest BCUT2D eigenvalue weighted by molar-refractivity contribution is 9.10. The van der Waals surface area contributed by atoms with Gasteiger partial charge in [-0.3, -0.25) is 10.1 Å². The minimum absolute atomic E-state index is 0.00912. The maximum absolute atomic E-state index is 13.2. The highest BCUT2D eigenvalue weighted by atomic mass is 79.9. The molecular formula is C12H13BrFNO3S. The Morgan fingerprint density at radius 2 is 2.21 bits per heavy atom. The fourth-order valence-electron chi connectivity index (χ4n) is 2.08. The quantitative estimate of drug-likeness (QED) is 0.497. The summed E-state index contributed by atoms with van der Waals surface area (Å²) in [4.78, 5) is 10.3. The number of nitrogens with zero attached hydrogens (tertiary/aromatic N) is 1. The Hall–Kier alpha value is -0.820. The first-order chi connectivity index (χ1) is 8.97. The molecule has 104 valence electrons. The Bertz CT molecular complexity index is 502. The van der Waals surface area contributed by atoms with Crippen LogP contribution in [-0.4, -0.2) is 17.3 Å². The zero-order valence-electron chi connectivity index (χ0n) is 10.1. The van der Waals surface area contributed by atoms with E-state index in [4.69, 9.17) is 4.74 Å². The summed E-state index contributed by atoms with van der Waals surface area (Å²) in [6.07, 6.45) is 3.13. The molecule has 1 aliphatic rings. The molecule has 0 atom stereocenters. The average molecular weight is 350 g/mol. The number of benzene rings is 1. The number of thiol groups is 1. The Kier molecular flexibility index (Phi) is 4.35. The number of nitro benzene ring substituents is 1. The van der Waals surface area contributed by atoms with Gasteiger partial charge in [-0.15, -0.1) is 0 Å². The molecule has 1 aromatic carbocycles. The molecule has 0 radical (unpaired) electrons. The van der Waals surface area contributed by atoms with Gasteiger partial charge >= 0.3 is 5.69 Å². The van der Waals surface area contributed by atoms with Crippen molar-refractivity contribution in [1.82, 2.24) is 0 Å².